The molecule has 13 heteroatoms. The monoisotopic (exact) mass is 544 g/mol. The van der Waals surface area contributed by atoms with Crippen molar-refractivity contribution in [3.63, 3.8) is 0 Å². The molecule has 0 atom stereocenters. The molecule has 0 saturated carbocycles. The molecular weight excluding hydrogens is 504 g/mol. The molecule has 0 fully saturated rings. The number of rotatable bonds is 9. The lowest BCUT2D eigenvalue weighted by Crippen LogP contribution is -3.00. The fraction of sp³-hybridized carbons (Fsp3) is 1.00. The van der Waals surface area contributed by atoms with E-state index in [1.54, 1.807) is 7.11 Å². The lowest BCUT2D eigenvalue weighted by molar-refractivity contribution is -0.00000658. The van der Waals surface area contributed by atoms with Crippen molar-refractivity contribution < 1.29 is 28.5 Å². The van der Waals surface area contributed by atoms with Crippen molar-refractivity contribution in [2.24, 2.45) is 9.03 Å². The molecule has 0 aromatic carbocycles. The van der Waals surface area contributed by atoms with Gasteiger partial charge >= 0.3 is 8.45 Å². The van der Waals surface area contributed by atoms with Crippen LogP contribution in [0.4, 0.5) is 0 Å². The molecule has 26 heavy (non-hydrogen) atoms. The fourth-order valence-corrected chi connectivity index (χ4v) is 14.6. The smallest absolute Gasteiger partial charge is 0.370 e. The van der Waals surface area contributed by atoms with E-state index in [1.165, 1.54) is 0 Å². The highest BCUT2D eigenvalue weighted by Crippen LogP contribution is 2.67. The predicted octanol–water partition coefficient (Wildman–Crippen LogP) is -0.142. The number of halogens is 1. The van der Waals surface area contributed by atoms with Gasteiger partial charge in [0.05, 0.1) is 7.11 Å². The Morgan fingerprint density at radius 1 is 0.538 bits per heavy atom. The second kappa shape index (κ2) is 12.1. The summed E-state index contributed by atoms with van der Waals surface area (Å²) in [6.45, 7) is 0. The van der Waals surface area contributed by atoms with Crippen molar-refractivity contribution in [2.45, 2.75) is 0 Å². The van der Waals surface area contributed by atoms with E-state index in [4.69, 9.17) is 13.6 Å². The zero-order chi connectivity index (χ0) is 20.2. The van der Waals surface area contributed by atoms with Gasteiger partial charge < -0.3 is 24.0 Å². The highest BCUT2D eigenvalue weighted by molar-refractivity contribution is 7.71. The molecule has 0 aromatic heterocycles. The Kier molecular flexibility index (Phi) is 13.8. The first-order valence-corrected chi connectivity index (χ1v) is 12.5. The third kappa shape index (κ3) is 6.17. The van der Waals surface area contributed by atoms with E-state index in [1.807, 2.05) is 0 Å². The van der Waals surface area contributed by atoms with Crippen LogP contribution in [-0.4, -0.2) is 120 Å². The van der Waals surface area contributed by atoms with Gasteiger partial charge in [0.25, 0.3) is 0 Å². The van der Waals surface area contributed by atoms with Crippen LogP contribution in [0.2, 0.25) is 0 Å². The second-order valence-electron chi connectivity index (χ2n) is 6.84. The van der Waals surface area contributed by atoms with E-state index in [-0.39, 0.29) is 24.0 Å². The Balaban J connectivity index is 0. The number of hydrogen-bond donors (Lipinski definition) is 0. The van der Waals surface area contributed by atoms with Crippen LogP contribution in [0, 0.1) is 0 Å². The summed E-state index contributed by atoms with van der Waals surface area (Å²) < 4.78 is 29.4. The molecule has 0 unspecified atom stereocenters. The third-order valence-corrected chi connectivity index (χ3v) is 14.2. The molecule has 0 aromatic rings. The summed E-state index contributed by atoms with van der Waals surface area (Å²) in [5, 5.41) is 0. The lowest BCUT2D eigenvalue weighted by atomic mass is 11.2. The molecule has 0 bridgehead atoms. The van der Waals surface area contributed by atoms with Crippen LogP contribution in [-0.2, 0) is 4.52 Å². The maximum atomic E-state index is 5.83. The van der Waals surface area contributed by atoms with Crippen LogP contribution in [0.1, 0.15) is 0 Å². The van der Waals surface area contributed by atoms with E-state index in [9.17, 15) is 0 Å². The number of nitrogens with zero attached hydrogens (tertiary/aromatic N) is 8. The topological polar surface area (TPSA) is 53.4 Å². The molecule has 160 valence electrons. The number of hydrogen-bond acceptors (Lipinski definition) is 3. The van der Waals surface area contributed by atoms with Crippen molar-refractivity contribution in [2.75, 3.05) is 91.7 Å². The summed E-state index contributed by atoms with van der Waals surface area (Å²) in [6, 6.07) is 0. The first-order chi connectivity index (χ1) is 11.3. The van der Waals surface area contributed by atoms with Crippen molar-refractivity contribution >= 4 is 23.5 Å². The molecule has 0 spiro atoms. The van der Waals surface area contributed by atoms with Crippen LogP contribution >= 0.6 is 23.5 Å². The third-order valence-electron chi connectivity index (χ3n) is 3.84. The summed E-state index contributed by atoms with van der Waals surface area (Å²) >= 11 is 0. The Hall–Kier alpha value is 1.34. The molecule has 0 amide bonds. The van der Waals surface area contributed by atoms with Crippen LogP contribution in [0.15, 0.2) is 9.03 Å². The van der Waals surface area contributed by atoms with Gasteiger partial charge in [0.15, 0.2) is 0 Å². The van der Waals surface area contributed by atoms with Gasteiger partial charge in [0, 0.05) is 0 Å². The zero-order valence-electron chi connectivity index (χ0n) is 18.8. The predicted molar refractivity (Wildman–Crippen MR) is 116 cm³/mol. The summed E-state index contributed by atoms with van der Waals surface area (Å²) in [6.07, 6.45) is 0. The zero-order valence-corrected chi connectivity index (χ0v) is 23.7. The van der Waals surface area contributed by atoms with Crippen LogP contribution in [0.25, 0.3) is 0 Å². The van der Waals surface area contributed by atoms with Gasteiger partial charge in [0.1, 0.15) is 0 Å². The molecule has 0 saturated heterocycles. The lowest BCUT2D eigenvalue weighted by Gasteiger charge is -2.40. The van der Waals surface area contributed by atoms with Crippen LogP contribution < -0.4 is 24.0 Å². The Labute approximate surface area is 180 Å². The molecule has 0 rings (SSSR count). The maximum Gasteiger partial charge on any atom is 0.370 e. The second-order valence-corrected chi connectivity index (χ2v) is 16.4. The molecule has 0 N–H and O–H groups in total. The van der Waals surface area contributed by atoms with Gasteiger partial charge in [-0.2, -0.15) is 4.52 Å². The van der Waals surface area contributed by atoms with E-state index in [0.29, 0.717) is 0 Å². The van der Waals surface area contributed by atoms with Crippen molar-refractivity contribution in [1.82, 2.24) is 28.0 Å². The van der Waals surface area contributed by atoms with Crippen molar-refractivity contribution in [1.29, 1.82) is 0 Å². The minimum atomic E-state index is -2.05. The first kappa shape index (κ1) is 29.5. The van der Waals surface area contributed by atoms with E-state index in [0.717, 1.165) is 0 Å². The average molecular weight is 544 g/mol. The molecule has 0 aliphatic rings. The Morgan fingerprint density at radius 3 is 0.846 bits per heavy atom. The molecule has 9 nitrogen and oxygen atoms in total. The van der Waals surface area contributed by atoms with Crippen LogP contribution in [0.3, 0.4) is 0 Å². The van der Waals surface area contributed by atoms with Gasteiger partial charge in [-0.25, -0.2) is 28.0 Å². The highest BCUT2D eigenvalue weighted by Gasteiger charge is 2.38. The van der Waals surface area contributed by atoms with E-state index >= 15 is 0 Å². The summed E-state index contributed by atoms with van der Waals surface area (Å²) in [4.78, 5) is 0. The van der Waals surface area contributed by atoms with Gasteiger partial charge in [-0.3, -0.25) is 0 Å². The molecular formula is C13H40IN8OP3. The van der Waals surface area contributed by atoms with Gasteiger partial charge in [0.2, 0.25) is 15.0 Å². The summed E-state index contributed by atoms with van der Waals surface area (Å²) in [5.41, 5.74) is 0. The standard InChI is InChI=1S/C13H39N8OP3.HI/c1-16(2)24(17(3)4,18(5)6)14-23(22-13)15-25(19(7)8,20(9)10)21(11)12;/h1-13H3;1H. The minimum Gasteiger partial charge on any atom is -1.00 e. The SMILES string of the molecule is CO[PH+](N=P(N(C)C)(N(C)C)N(C)C)N=P(N(C)C)(N(C)C)N(C)C.[I-]. The normalized spacial score (nSPS) is 13.5. The molecule has 0 aliphatic carbocycles. The van der Waals surface area contributed by atoms with Gasteiger partial charge in [-0.05, 0) is 93.6 Å². The summed E-state index contributed by atoms with van der Waals surface area (Å²) in [7, 11) is 20.7. The quantitative estimate of drug-likeness (QED) is 0.296. The largest absolute Gasteiger partial charge is 1.00 e. The van der Waals surface area contributed by atoms with E-state index in [2.05, 4.69) is 113 Å². The van der Waals surface area contributed by atoms with Gasteiger partial charge in [-0.1, -0.05) is 0 Å². The van der Waals surface area contributed by atoms with Crippen molar-refractivity contribution in [3.05, 3.63) is 0 Å². The van der Waals surface area contributed by atoms with E-state index < -0.39 is 23.5 Å². The minimum absolute atomic E-state index is 0. The highest BCUT2D eigenvalue weighted by atomic mass is 127. The van der Waals surface area contributed by atoms with Crippen molar-refractivity contribution in [3.8, 4) is 0 Å². The molecule has 0 heterocycles. The van der Waals surface area contributed by atoms with Gasteiger partial charge in [-0.15, -0.1) is 0 Å². The Bertz CT molecular complexity index is 424. The summed E-state index contributed by atoms with van der Waals surface area (Å²) in [5.74, 6) is 0. The fourth-order valence-electron chi connectivity index (χ4n) is 3.01. The molecule has 0 aliphatic heterocycles. The maximum absolute atomic E-state index is 5.83. The average Bonchev–Trinajstić information content (AvgIpc) is 2.45. The first-order valence-electron chi connectivity index (χ1n) is 8.03. The molecule has 0 radical (unpaired) electrons. The Morgan fingerprint density at radius 2 is 0.731 bits per heavy atom. The van der Waals surface area contributed by atoms with Crippen LogP contribution in [0.5, 0.6) is 0 Å².